The summed E-state index contributed by atoms with van der Waals surface area (Å²) in [6.45, 7) is 6.27. The van der Waals surface area contributed by atoms with Gasteiger partial charge in [-0.25, -0.2) is 0 Å². The van der Waals surface area contributed by atoms with E-state index in [1.807, 2.05) is 43.0 Å². The van der Waals surface area contributed by atoms with Crippen molar-refractivity contribution in [2.45, 2.75) is 20.4 Å². The quantitative estimate of drug-likeness (QED) is 0.878. The molecule has 0 aliphatic carbocycles. The van der Waals surface area contributed by atoms with Gasteiger partial charge in [-0.15, -0.1) is 0 Å². The van der Waals surface area contributed by atoms with E-state index in [1.54, 1.807) is 0 Å². The summed E-state index contributed by atoms with van der Waals surface area (Å²) in [5, 5.41) is 4.02. The molecule has 1 aromatic heterocycles. The zero-order chi connectivity index (χ0) is 15.2. The van der Waals surface area contributed by atoms with Crippen molar-refractivity contribution < 1.29 is 0 Å². The number of hydrogen-bond donors (Lipinski definition) is 1. The van der Waals surface area contributed by atoms with E-state index in [4.69, 9.17) is 23.2 Å². The van der Waals surface area contributed by atoms with Crippen LogP contribution < -0.4 is 10.2 Å². The van der Waals surface area contributed by atoms with Crippen LogP contribution in [0.2, 0.25) is 10.3 Å². The molecule has 21 heavy (non-hydrogen) atoms. The molecular weight excluding hydrogens is 309 g/mol. The number of aromatic nitrogens is 3. The first-order chi connectivity index (χ1) is 10.1. The Labute approximate surface area is 134 Å². The highest BCUT2D eigenvalue weighted by Gasteiger charge is 2.10. The Kier molecular flexibility index (Phi) is 5.59. The summed E-state index contributed by atoms with van der Waals surface area (Å²) in [4.78, 5) is 14.6. The van der Waals surface area contributed by atoms with Gasteiger partial charge in [0.15, 0.2) is 0 Å². The maximum Gasteiger partial charge on any atom is 0.231 e. The van der Waals surface area contributed by atoms with Crippen LogP contribution in [0.3, 0.4) is 0 Å². The van der Waals surface area contributed by atoms with E-state index >= 15 is 0 Å². The van der Waals surface area contributed by atoms with Gasteiger partial charge in [-0.05, 0) is 43.1 Å². The predicted octanol–water partition coefficient (Wildman–Crippen LogP) is 3.64. The van der Waals surface area contributed by atoms with Gasteiger partial charge < -0.3 is 10.2 Å². The first-order valence-corrected chi connectivity index (χ1v) is 7.52. The molecule has 7 heteroatoms. The molecule has 0 unspecified atom stereocenters. The van der Waals surface area contributed by atoms with Crippen LogP contribution >= 0.6 is 23.2 Å². The average molecular weight is 326 g/mol. The molecule has 0 atom stereocenters. The molecule has 0 radical (unpaired) electrons. The van der Waals surface area contributed by atoms with Crippen LogP contribution in [0.25, 0.3) is 0 Å². The molecule has 1 heterocycles. The minimum absolute atomic E-state index is 0.181. The van der Waals surface area contributed by atoms with Crippen molar-refractivity contribution in [3.63, 3.8) is 0 Å². The van der Waals surface area contributed by atoms with Gasteiger partial charge in [0, 0.05) is 24.7 Å². The van der Waals surface area contributed by atoms with Gasteiger partial charge in [-0.2, -0.15) is 15.0 Å². The fourth-order valence-corrected chi connectivity index (χ4v) is 2.26. The maximum atomic E-state index is 5.96. The van der Waals surface area contributed by atoms with Gasteiger partial charge in [-0.3, -0.25) is 0 Å². The van der Waals surface area contributed by atoms with E-state index in [0.29, 0.717) is 23.5 Å². The highest BCUT2D eigenvalue weighted by atomic mass is 35.5. The molecule has 1 aromatic carbocycles. The van der Waals surface area contributed by atoms with Crippen LogP contribution in [0.15, 0.2) is 24.3 Å². The minimum atomic E-state index is 0.181. The molecule has 0 saturated heterocycles. The molecule has 0 aliphatic heterocycles. The number of anilines is 2. The van der Waals surface area contributed by atoms with E-state index in [2.05, 4.69) is 20.3 Å². The molecule has 0 saturated carbocycles. The zero-order valence-corrected chi connectivity index (χ0v) is 13.5. The Hall–Kier alpha value is -1.59. The Morgan fingerprint density at radius 2 is 1.86 bits per heavy atom. The molecule has 0 spiro atoms. The monoisotopic (exact) mass is 325 g/mol. The molecule has 2 rings (SSSR count). The number of nitrogens with zero attached hydrogens (tertiary/aromatic N) is 4. The van der Waals surface area contributed by atoms with Crippen LogP contribution in [-0.2, 0) is 6.54 Å². The van der Waals surface area contributed by atoms with Crippen molar-refractivity contribution in [3.05, 3.63) is 40.1 Å². The second-order valence-electron chi connectivity index (χ2n) is 4.38. The lowest BCUT2D eigenvalue weighted by atomic mass is 10.2. The molecule has 5 nitrogen and oxygen atoms in total. The summed E-state index contributed by atoms with van der Waals surface area (Å²) >= 11 is 11.9. The lowest BCUT2D eigenvalue weighted by Crippen LogP contribution is -2.25. The zero-order valence-electron chi connectivity index (χ0n) is 12.0. The molecule has 0 bridgehead atoms. The molecule has 0 amide bonds. The van der Waals surface area contributed by atoms with E-state index in [1.165, 1.54) is 0 Å². The van der Waals surface area contributed by atoms with E-state index in [-0.39, 0.29) is 5.28 Å². The topological polar surface area (TPSA) is 53.9 Å². The Morgan fingerprint density at radius 1 is 1.10 bits per heavy atom. The smallest absolute Gasteiger partial charge is 0.231 e. The first kappa shape index (κ1) is 15.8. The fraction of sp³-hybridized carbons (Fsp3) is 0.357. The Morgan fingerprint density at radius 3 is 2.52 bits per heavy atom. The summed E-state index contributed by atoms with van der Waals surface area (Å²) in [5.74, 6) is 1.03. The Bertz CT molecular complexity index is 602. The molecule has 112 valence electrons. The van der Waals surface area contributed by atoms with Crippen LogP contribution in [0, 0.1) is 0 Å². The van der Waals surface area contributed by atoms with Crippen molar-refractivity contribution in [1.29, 1.82) is 0 Å². The average Bonchev–Trinajstić information content (AvgIpc) is 2.46. The predicted molar refractivity (Wildman–Crippen MR) is 87.2 cm³/mol. The summed E-state index contributed by atoms with van der Waals surface area (Å²) in [6, 6.07) is 7.61. The van der Waals surface area contributed by atoms with Crippen LogP contribution in [0.1, 0.15) is 19.4 Å². The van der Waals surface area contributed by atoms with E-state index in [9.17, 15) is 0 Å². The summed E-state index contributed by atoms with van der Waals surface area (Å²) in [7, 11) is 0. The molecular formula is C14H17Cl2N5. The van der Waals surface area contributed by atoms with Crippen molar-refractivity contribution in [3.8, 4) is 0 Å². The van der Waals surface area contributed by atoms with Crippen molar-refractivity contribution in [1.82, 2.24) is 15.0 Å². The first-order valence-electron chi connectivity index (χ1n) is 6.77. The highest BCUT2D eigenvalue weighted by Crippen LogP contribution is 2.15. The molecule has 0 fully saturated rings. The minimum Gasteiger partial charge on any atom is -0.350 e. The van der Waals surface area contributed by atoms with Gasteiger partial charge in [0.05, 0.1) is 0 Å². The fourth-order valence-electron chi connectivity index (χ4n) is 1.89. The van der Waals surface area contributed by atoms with Crippen molar-refractivity contribution >= 4 is 35.1 Å². The van der Waals surface area contributed by atoms with Gasteiger partial charge in [0.25, 0.3) is 0 Å². The third kappa shape index (κ3) is 4.44. The number of hydrogen-bond acceptors (Lipinski definition) is 5. The molecule has 0 aliphatic rings. The van der Waals surface area contributed by atoms with E-state index < -0.39 is 0 Å². The highest BCUT2D eigenvalue weighted by molar-refractivity contribution is 6.30. The summed E-state index contributed by atoms with van der Waals surface area (Å²) in [6.07, 6.45) is 0. The van der Waals surface area contributed by atoms with Gasteiger partial charge >= 0.3 is 0 Å². The normalized spacial score (nSPS) is 10.5. The van der Waals surface area contributed by atoms with Gasteiger partial charge in [0.2, 0.25) is 17.2 Å². The second-order valence-corrected chi connectivity index (χ2v) is 5.16. The largest absolute Gasteiger partial charge is 0.350 e. The number of rotatable bonds is 6. The molecule has 2 aromatic rings. The molecule has 1 N–H and O–H groups in total. The van der Waals surface area contributed by atoms with Crippen molar-refractivity contribution in [2.24, 2.45) is 0 Å². The van der Waals surface area contributed by atoms with Crippen LogP contribution in [0.4, 0.5) is 11.9 Å². The van der Waals surface area contributed by atoms with Gasteiger partial charge in [0.1, 0.15) is 0 Å². The third-order valence-electron chi connectivity index (χ3n) is 2.98. The summed E-state index contributed by atoms with van der Waals surface area (Å²) in [5.41, 5.74) is 1.04. The lowest BCUT2D eigenvalue weighted by molar-refractivity contribution is 0.811. The lowest BCUT2D eigenvalue weighted by Gasteiger charge is -2.18. The Balaban J connectivity index is 2.13. The van der Waals surface area contributed by atoms with E-state index in [0.717, 1.165) is 18.7 Å². The standard InChI is InChI=1S/C14H17Cl2N5/c1-3-21(4-2)14-19-12(16)18-13(20-14)17-9-10-6-5-7-11(15)8-10/h5-8H,3-4,9H2,1-2H3,(H,17,18,19,20). The van der Waals surface area contributed by atoms with Crippen LogP contribution in [0.5, 0.6) is 0 Å². The third-order valence-corrected chi connectivity index (χ3v) is 3.39. The number of benzene rings is 1. The SMILES string of the molecule is CCN(CC)c1nc(Cl)nc(NCc2cccc(Cl)c2)n1. The van der Waals surface area contributed by atoms with Gasteiger partial charge in [-0.1, -0.05) is 23.7 Å². The van der Waals surface area contributed by atoms with Crippen molar-refractivity contribution in [2.75, 3.05) is 23.3 Å². The number of nitrogens with one attached hydrogen (secondary N) is 1. The summed E-state index contributed by atoms with van der Waals surface area (Å²) < 4.78 is 0. The number of halogens is 2. The second kappa shape index (κ2) is 7.43. The maximum absolute atomic E-state index is 5.96. The van der Waals surface area contributed by atoms with Crippen LogP contribution in [-0.4, -0.2) is 28.0 Å².